The lowest BCUT2D eigenvalue weighted by molar-refractivity contribution is 0.418. The van der Waals surface area contributed by atoms with Gasteiger partial charge in [0, 0.05) is 22.6 Å². The summed E-state index contributed by atoms with van der Waals surface area (Å²) in [5.74, 6) is 0.321. The molecule has 0 spiro atoms. The summed E-state index contributed by atoms with van der Waals surface area (Å²) in [5.41, 5.74) is 0.836. The average molecular weight is 354 g/mol. The summed E-state index contributed by atoms with van der Waals surface area (Å²) in [6, 6.07) is 4.32. The highest BCUT2D eigenvalue weighted by Crippen LogP contribution is 2.24. The molecule has 0 saturated heterocycles. The highest BCUT2D eigenvalue weighted by Gasteiger charge is 2.09. The molecule has 0 aliphatic carbocycles. The summed E-state index contributed by atoms with van der Waals surface area (Å²) in [6.07, 6.45) is 3.17. The molecule has 0 amide bonds. The van der Waals surface area contributed by atoms with Crippen molar-refractivity contribution in [2.45, 2.75) is 32.9 Å². The van der Waals surface area contributed by atoms with Gasteiger partial charge in [-0.25, -0.2) is 9.37 Å². The molecule has 0 atom stereocenters. The molecule has 6 heteroatoms. The zero-order valence-corrected chi connectivity index (χ0v) is 13.7. The van der Waals surface area contributed by atoms with Crippen molar-refractivity contribution in [3.8, 4) is 11.6 Å². The molecule has 2 rings (SSSR count). The highest BCUT2D eigenvalue weighted by molar-refractivity contribution is 9.10. The van der Waals surface area contributed by atoms with Crippen molar-refractivity contribution in [2.24, 2.45) is 0 Å². The van der Waals surface area contributed by atoms with Crippen molar-refractivity contribution in [3.63, 3.8) is 0 Å². The van der Waals surface area contributed by atoms with Gasteiger partial charge in [-0.1, -0.05) is 15.9 Å². The molecule has 0 bridgehead atoms. The third-order valence-corrected chi connectivity index (χ3v) is 3.00. The fraction of sp³-hybridized carbons (Fsp3) is 0.333. The van der Waals surface area contributed by atoms with Crippen molar-refractivity contribution < 1.29 is 9.13 Å². The second-order valence-electron chi connectivity index (χ2n) is 5.66. The highest BCUT2D eigenvalue weighted by atomic mass is 79.9. The normalized spacial score (nSPS) is 11.5. The number of halogens is 2. The Morgan fingerprint density at radius 3 is 2.52 bits per heavy atom. The Morgan fingerprint density at radius 2 is 1.95 bits per heavy atom. The summed E-state index contributed by atoms with van der Waals surface area (Å²) < 4.78 is 19.3. The van der Waals surface area contributed by atoms with Crippen LogP contribution in [0.25, 0.3) is 0 Å². The number of hydrogen-bond donors (Lipinski definition) is 1. The number of aromatic nitrogens is 2. The van der Waals surface area contributed by atoms with Gasteiger partial charge < -0.3 is 10.1 Å². The van der Waals surface area contributed by atoms with Crippen LogP contribution in [0.5, 0.6) is 11.6 Å². The van der Waals surface area contributed by atoms with Crippen LogP contribution < -0.4 is 10.1 Å². The zero-order valence-electron chi connectivity index (χ0n) is 12.2. The Bertz CT molecular complexity index is 591. The molecule has 1 aromatic heterocycles. The maximum atomic E-state index is 13.3. The molecule has 0 unspecified atom stereocenters. The number of rotatable bonds is 4. The summed E-state index contributed by atoms with van der Waals surface area (Å²) in [5, 5.41) is 3.32. The molecular weight excluding hydrogens is 337 g/mol. The molecule has 0 aliphatic rings. The number of nitrogens with one attached hydrogen (secondary N) is 1. The minimum atomic E-state index is -0.377. The maximum Gasteiger partial charge on any atom is 0.237 e. The van der Waals surface area contributed by atoms with Gasteiger partial charge in [-0.3, -0.25) is 4.98 Å². The first-order valence-electron chi connectivity index (χ1n) is 6.52. The van der Waals surface area contributed by atoms with Gasteiger partial charge in [0.25, 0.3) is 0 Å². The van der Waals surface area contributed by atoms with E-state index in [1.54, 1.807) is 12.3 Å². The Morgan fingerprint density at radius 1 is 1.19 bits per heavy atom. The van der Waals surface area contributed by atoms with E-state index in [1.165, 1.54) is 18.3 Å². The Balaban J connectivity index is 2.02. The molecule has 0 saturated carbocycles. The van der Waals surface area contributed by atoms with E-state index in [0.717, 1.165) is 5.69 Å². The topological polar surface area (TPSA) is 47.0 Å². The van der Waals surface area contributed by atoms with E-state index in [0.29, 0.717) is 22.6 Å². The van der Waals surface area contributed by atoms with Gasteiger partial charge in [-0.05, 0) is 32.9 Å². The molecule has 1 N–H and O–H groups in total. The third kappa shape index (κ3) is 5.40. The second kappa shape index (κ2) is 6.49. The van der Waals surface area contributed by atoms with Crippen LogP contribution >= 0.6 is 15.9 Å². The van der Waals surface area contributed by atoms with Crippen molar-refractivity contribution in [3.05, 3.63) is 46.6 Å². The van der Waals surface area contributed by atoms with Gasteiger partial charge in [0.2, 0.25) is 5.88 Å². The van der Waals surface area contributed by atoms with Crippen molar-refractivity contribution in [2.75, 3.05) is 0 Å². The Labute approximate surface area is 131 Å². The minimum absolute atomic E-state index is 0.0185. The SMILES string of the molecule is CC(C)(C)NCc1cnc(Oc2cc(F)cc(Br)c2)cn1. The van der Waals surface area contributed by atoms with Crippen LogP contribution in [-0.4, -0.2) is 15.5 Å². The van der Waals surface area contributed by atoms with E-state index in [2.05, 4.69) is 52.0 Å². The van der Waals surface area contributed by atoms with E-state index in [9.17, 15) is 4.39 Å². The number of ether oxygens (including phenoxy) is 1. The number of nitrogens with zero attached hydrogens (tertiary/aromatic N) is 2. The molecule has 0 fully saturated rings. The average Bonchev–Trinajstić information content (AvgIpc) is 2.36. The zero-order chi connectivity index (χ0) is 15.5. The molecule has 1 heterocycles. The summed E-state index contributed by atoms with van der Waals surface area (Å²) in [7, 11) is 0. The monoisotopic (exact) mass is 353 g/mol. The molecule has 0 aliphatic heterocycles. The summed E-state index contributed by atoms with van der Waals surface area (Å²) in [6.45, 7) is 6.88. The van der Waals surface area contributed by atoms with E-state index in [1.807, 2.05) is 0 Å². The molecular formula is C15H17BrFN3O. The van der Waals surface area contributed by atoms with Crippen LogP contribution in [0.1, 0.15) is 26.5 Å². The van der Waals surface area contributed by atoms with E-state index in [-0.39, 0.29) is 11.4 Å². The van der Waals surface area contributed by atoms with Crippen LogP contribution in [-0.2, 0) is 6.54 Å². The van der Waals surface area contributed by atoms with E-state index in [4.69, 9.17) is 4.74 Å². The van der Waals surface area contributed by atoms with Gasteiger partial charge >= 0.3 is 0 Å². The standard InChI is InChI=1S/C15H17BrFN3O/c1-15(2,3)20-8-12-7-19-14(9-18-12)21-13-5-10(16)4-11(17)6-13/h4-7,9,20H,8H2,1-3H3. The van der Waals surface area contributed by atoms with Gasteiger partial charge in [0.1, 0.15) is 11.6 Å². The molecule has 2 aromatic rings. The number of benzene rings is 1. The minimum Gasteiger partial charge on any atom is -0.437 e. The van der Waals surface area contributed by atoms with Crippen LogP contribution in [0.4, 0.5) is 4.39 Å². The molecule has 0 radical (unpaired) electrons. The molecule has 1 aromatic carbocycles. The van der Waals surface area contributed by atoms with Gasteiger partial charge in [-0.2, -0.15) is 0 Å². The van der Waals surface area contributed by atoms with Crippen molar-refractivity contribution >= 4 is 15.9 Å². The van der Waals surface area contributed by atoms with Gasteiger partial charge in [-0.15, -0.1) is 0 Å². The van der Waals surface area contributed by atoms with Crippen LogP contribution in [0.15, 0.2) is 35.1 Å². The van der Waals surface area contributed by atoms with Gasteiger partial charge in [0.15, 0.2) is 0 Å². The van der Waals surface area contributed by atoms with Crippen LogP contribution in [0, 0.1) is 5.82 Å². The van der Waals surface area contributed by atoms with Crippen LogP contribution in [0.2, 0.25) is 0 Å². The Hall–Kier alpha value is -1.53. The predicted molar refractivity (Wildman–Crippen MR) is 82.8 cm³/mol. The second-order valence-corrected chi connectivity index (χ2v) is 6.57. The maximum absolute atomic E-state index is 13.3. The third-order valence-electron chi connectivity index (χ3n) is 2.54. The lowest BCUT2D eigenvalue weighted by Crippen LogP contribution is -2.35. The smallest absolute Gasteiger partial charge is 0.237 e. The first-order chi connectivity index (χ1) is 9.82. The quantitative estimate of drug-likeness (QED) is 0.900. The predicted octanol–water partition coefficient (Wildman–Crippen LogP) is 4.06. The molecule has 21 heavy (non-hydrogen) atoms. The Kier molecular flexibility index (Phi) is 4.90. The molecule has 112 valence electrons. The summed E-state index contributed by atoms with van der Waals surface area (Å²) in [4.78, 5) is 8.44. The lowest BCUT2D eigenvalue weighted by atomic mass is 10.1. The first kappa shape index (κ1) is 15.9. The van der Waals surface area contributed by atoms with E-state index < -0.39 is 0 Å². The van der Waals surface area contributed by atoms with Crippen LogP contribution in [0.3, 0.4) is 0 Å². The number of hydrogen-bond acceptors (Lipinski definition) is 4. The molecule has 4 nitrogen and oxygen atoms in total. The first-order valence-corrected chi connectivity index (χ1v) is 7.31. The van der Waals surface area contributed by atoms with Crippen molar-refractivity contribution in [1.82, 2.24) is 15.3 Å². The lowest BCUT2D eigenvalue weighted by Gasteiger charge is -2.19. The summed E-state index contributed by atoms with van der Waals surface area (Å²) >= 11 is 3.21. The largest absolute Gasteiger partial charge is 0.437 e. The van der Waals surface area contributed by atoms with E-state index >= 15 is 0 Å². The van der Waals surface area contributed by atoms with Gasteiger partial charge in [0.05, 0.1) is 18.1 Å². The van der Waals surface area contributed by atoms with Crippen molar-refractivity contribution in [1.29, 1.82) is 0 Å². The fourth-order valence-electron chi connectivity index (χ4n) is 1.55. The fourth-order valence-corrected chi connectivity index (χ4v) is 2.00.